The van der Waals surface area contributed by atoms with Crippen LogP contribution in [0.25, 0.3) is 0 Å². The molecule has 0 aromatic rings. The molecular formula is C8H16N2. The second-order valence-electron chi connectivity index (χ2n) is 3.81. The quantitative estimate of drug-likeness (QED) is 0.585. The van der Waals surface area contributed by atoms with Gasteiger partial charge in [0.25, 0.3) is 0 Å². The average molecular weight is 140 g/mol. The van der Waals surface area contributed by atoms with Gasteiger partial charge in [-0.3, -0.25) is 0 Å². The Kier molecular flexibility index (Phi) is 1.46. The highest BCUT2D eigenvalue weighted by Gasteiger charge is 2.45. The third kappa shape index (κ3) is 0.867. The van der Waals surface area contributed by atoms with Gasteiger partial charge < -0.3 is 11.1 Å². The Morgan fingerprint density at radius 3 is 2.80 bits per heavy atom. The number of piperidine rings is 2. The summed E-state index contributed by atoms with van der Waals surface area (Å²) >= 11 is 0. The van der Waals surface area contributed by atoms with Crippen molar-refractivity contribution in [1.29, 1.82) is 0 Å². The highest BCUT2D eigenvalue weighted by Crippen LogP contribution is 2.44. The van der Waals surface area contributed by atoms with E-state index in [1.165, 1.54) is 32.2 Å². The summed E-state index contributed by atoms with van der Waals surface area (Å²) in [5, 5.41) is 3.58. The molecule has 3 aliphatic rings. The second-order valence-corrected chi connectivity index (χ2v) is 3.81. The Bertz CT molecular complexity index is 116. The van der Waals surface area contributed by atoms with Crippen LogP contribution in [0.2, 0.25) is 0 Å². The number of nitrogens with two attached hydrogens (primary N) is 1. The molecule has 2 heteroatoms. The second kappa shape index (κ2) is 2.21. The van der Waals surface area contributed by atoms with Crippen molar-refractivity contribution in [3.05, 3.63) is 0 Å². The van der Waals surface area contributed by atoms with Gasteiger partial charge in [-0.1, -0.05) is 0 Å². The van der Waals surface area contributed by atoms with Crippen LogP contribution in [-0.4, -0.2) is 18.6 Å². The summed E-state index contributed by atoms with van der Waals surface area (Å²) < 4.78 is 0. The first kappa shape index (κ1) is 6.62. The lowest BCUT2D eigenvalue weighted by atomic mass is 9.62. The fourth-order valence-electron chi connectivity index (χ4n) is 2.50. The maximum Gasteiger partial charge on any atom is 0.0198 e. The van der Waals surface area contributed by atoms with Gasteiger partial charge in [0.05, 0.1) is 0 Å². The smallest absolute Gasteiger partial charge is 0.0198 e. The molecular weight excluding hydrogens is 124 g/mol. The zero-order chi connectivity index (χ0) is 7.03. The summed E-state index contributed by atoms with van der Waals surface area (Å²) in [5.41, 5.74) is 6.03. The van der Waals surface area contributed by atoms with Crippen LogP contribution >= 0.6 is 0 Å². The van der Waals surface area contributed by atoms with E-state index in [0.29, 0.717) is 5.54 Å². The first-order chi connectivity index (χ1) is 4.85. The lowest BCUT2D eigenvalue weighted by Crippen LogP contribution is -2.61. The van der Waals surface area contributed by atoms with Crippen LogP contribution in [0.3, 0.4) is 0 Å². The van der Waals surface area contributed by atoms with Crippen molar-refractivity contribution >= 4 is 0 Å². The average Bonchev–Trinajstić information content (AvgIpc) is 1.87. The van der Waals surface area contributed by atoms with Crippen LogP contribution in [0.4, 0.5) is 0 Å². The molecule has 0 aromatic heterocycles. The monoisotopic (exact) mass is 140 g/mol. The van der Waals surface area contributed by atoms with E-state index in [4.69, 9.17) is 5.73 Å². The molecule has 3 N–H and O–H groups in total. The number of rotatable bonds is 2. The molecule has 0 amide bonds. The van der Waals surface area contributed by atoms with Gasteiger partial charge in [0.15, 0.2) is 0 Å². The number of fused-ring (bicyclic) bond motifs is 2. The standard InChI is InChI=1S/C8H16N2/c9-3-2-8-5-7(6-8)1-4-10-8/h7,10H,1-6,9H2. The van der Waals surface area contributed by atoms with Crippen LogP contribution < -0.4 is 11.1 Å². The molecule has 0 radical (unpaired) electrons. The van der Waals surface area contributed by atoms with E-state index in [-0.39, 0.29) is 0 Å². The van der Waals surface area contributed by atoms with E-state index in [9.17, 15) is 0 Å². The summed E-state index contributed by atoms with van der Waals surface area (Å²) in [5.74, 6) is 1.03. The van der Waals surface area contributed by atoms with Crippen molar-refractivity contribution in [3.8, 4) is 0 Å². The lowest BCUT2D eigenvalue weighted by molar-refractivity contribution is 0.0474. The van der Waals surface area contributed by atoms with E-state index < -0.39 is 0 Å². The summed E-state index contributed by atoms with van der Waals surface area (Å²) in [6.45, 7) is 2.07. The SMILES string of the molecule is NCCC12CC(CCN1)C2. The van der Waals surface area contributed by atoms with Gasteiger partial charge in [0, 0.05) is 5.54 Å². The zero-order valence-electron chi connectivity index (χ0n) is 6.40. The summed E-state index contributed by atoms with van der Waals surface area (Å²) in [4.78, 5) is 0. The van der Waals surface area contributed by atoms with E-state index in [0.717, 1.165) is 12.5 Å². The first-order valence-corrected chi connectivity index (χ1v) is 4.30. The maximum atomic E-state index is 5.53. The van der Waals surface area contributed by atoms with E-state index in [1.807, 2.05) is 0 Å². The molecule has 0 unspecified atom stereocenters. The Labute approximate surface area is 62.2 Å². The highest BCUT2D eigenvalue weighted by atomic mass is 15.0. The summed E-state index contributed by atoms with van der Waals surface area (Å²) in [6.07, 6.45) is 5.37. The topological polar surface area (TPSA) is 38.0 Å². The molecule has 1 saturated carbocycles. The molecule has 58 valence electrons. The van der Waals surface area contributed by atoms with Gasteiger partial charge in [0.1, 0.15) is 0 Å². The molecule has 0 spiro atoms. The van der Waals surface area contributed by atoms with Crippen LogP contribution in [-0.2, 0) is 0 Å². The minimum Gasteiger partial charge on any atom is -0.330 e. The third-order valence-corrected chi connectivity index (χ3v) is 3.03. The van der Waals surface area contributed by atoms with Crippen LogP contribution in [0, 0.1) is 5.92 Å². The minimum atomic E-state index is 0.498. The number of nitrogens with one attached hydrogen (secondary N) is 1. The fourth-order valence-corrected chi connectivity index (χ4v) is 2.50. The van der Waals surface area contributed by atoms with Gasteiger partial charge in [-0.05, 0) is 44.7 Å². The Hall–Kier alpha value is -0.0800. The van der Waals surface area contributed by atoms with Crippen molar-refractivity contribution < 1.29 is 0 Å². The van der Waals surface area contributed by atoms with Crippen LogP contribution in [0.1, 0.15) is 25.7 Å². The normalized spacial score (nSPS) is 44.7. The Morgan fingerprint density at radius 1 is 1.50 bits per heavy atom. The molecule has 2 aliphatic heterocycles. The Balaban J connectivity index is 1.92. The fraction of sp³-hybridized carbons (Fsp3) is 1.00. The largest absolute Gasteiger partial charge is 0.330 e. The van der Waals surface area contributed by atoms with Crippen molar-refractivity contribution in [2.45, 2.75) is 31.2 Å². The molecule has 3 fully saturated rings. The van der Waals surface area contributed by atoms with Crippen LogP contribution in [0.5, 0.6) is 0 Å². The number of hydrogen-bond donors (Lipinski definition) is 2. The Morgan fingerprint density at radius 2 is 2.30 bits per heavy atom. The van der Waals surface area contributed by atoms with Gasteiger partial charge >= 0.3 is 0 Å². The molecule has 2 saturated heterocycles. The minimum absolute atomic E-state index is 0.498. The van der Waals surface area contributed by atoms with Crippen molar-refractivity contribution in [2.75, 3.05) is 13.1 Å². The van der Waals surface area contributed by atoms with Gasteiger partial charge in [-0.2, -0.15) is 0 Å². The molecule has 1 aliphatic carbocycles. The van der Waals surface area contributed by atoms with Gasteiger partial charge in [-0.25, -0.2) is 0 Å². The van der Waals surface area contributed by atoms with Crippen molar-refractivity contribution in [1.82, 2.24) is 5.32 Å². The molecule has 2 nitrogen and oxygen atoms in total. The molecule has 3 rings (SSSR count). The van der Waals surface area contributed by atoms with Gasteiger partial charge in [-0.15, -0.1) is 0 Å². The van der Waals surface area contributed by atoms with Crippen molar-refractivity contribution in [2.24, 2.45) is 11.7 Å². The predicted octanol–water partition coefficient (Wildman–Crippen LogP) is 0.477. The molecule has 10 heavy (non-hydrogen) atoms. The van der Waals surface area contributed by atoms with E-state index in [2.05, 4.69) is 5.32 Å². The lowest BCUT2D eigenvalue weighted by Gasteiger charge is -2.53. The number of hydrogen-bond acceptors (Lipinski definition) is 2. The molecule has 0 aromatic carbocycles. The third-order valence-electron chi connectivity index (χ3n) is 3.03. The molecule has 0 atom stereocenters. The van der Waals surface area contributed by atoms with Crippen molar-refractivity contribution in [3.63, 3.8) is 0 Å². The van der Waals surface area contributed by atoms with E-state index in [1.54, 1.807) is 0 Å². The molecule has 2 heterocycles. The summed E-state index contributed by atoms with van der Waals surface area (Å²) in [7, 11) is 0. The first-order valence-electron chi connectivity index (χ1n) is 4.30. The predicted molar refractivity (Wildman–Crippen MR) is 41.7 cm³/mol. The van der Waals surface area contributed by atoms with Gasteiger partial charge in [0.2, 0.25) is 0 Å². The highest BCUT2D eigenvalue weighted by molar-refractivity contribution is 5.04. The molecule has 2 bridgehead atoms. The zero-order valence-corrected chi connectivity index (χ0v) is 6.40. The maximum absolute atomic E-state index is 5.53. The van der Waals surface area contributed by atoms with Crippen LogP contribution in [0.15, 0.2) is 0 Å². The summed E-state index contributed by atoms with van der Waals surface area (Å²) in [6, 6.07) is 0. The van der Waals surface area contributed by atoms with E-state index >= 15 is 0 Å².